The number of hydrogen-bond acceptors (Lipinski definition) is 3. The lowest BCUT2D eigenvalue weighted by molar-refractivity contribution is -0.0503. The fourth-order valence-electron chi connectivity index (χ4n) is 4.10. The van der Waals surface area contributed by atoms with Gasteiger partial charge in [-0.15, -0.1) is 0 Å². The molecule has 4 rings (SSSR count). The van der Waals surface area contributed by atoms with Gasteiger partial charge in [-0.25, -0.2) is 0 Å². The number of benzene rings is 2. The minimum Gasteiger partial charge on any atom is -0.434 e. The zero-order valence-electron chi connectivity index (χ0n) is 15.0. The second-order valence-electron chi connectivity index (χ2n) is 7.03. The summed E-state index contributed by atoms with van der Waals surface area (Å²) in [7, 11) is 0. The van der Waals surface area contributed by atoms with E-state index in [1.807, 2.05) is 0 Å². The normalized spacial score (nSPS) is 18.0. The number of nitrogens with zero attached hydrogens (tertiary/aromatic N) is 2. The first kappa shape index (κ1) is 17.9. The SMILES string of the molecule is O=C(c1ccccc1OC(F)F)N1CCN(C2Cc3ccccc3C2)CC1. The number of amides is 1. The third-order valence-electron chi connectivity index (χ3n) is 5.48. The number of hydrogen-bond donors (Lipinski definition) is 0. The number of para-hydroxylation sites is 1. The molecule has 1 saturated heterocycles. The highest BCUT2D eigenvalue weighted by molar-refractivity contribution is 5.97. The first-order valence-corrected chi connectivity index (χ1v) is 9.26. The summed E-state index contributed by atoms with van der Waals surface area (Å²) in [6.07, 6.45) is 2.10. The summed E-state index contributed by atoms with van der Waals surface area (Å²) in [5.41, 5.74) is 3.03. The molecule has 0 aromatic heterocycles. The molecule has 27 heavy (non-hydrogen) atoms. The Morgan fingerprint density at radius 3 is 2.15 bits per heavy atom. The molecule has 0 saturated carbocycles. The van der Waals surface area contributed by atoms with Crippen molar-refractivity contribution < 1.29 is 18.3 Å². The van der Waals surface area contributed by atoms with Crippen LogP contribution in [-0.4, -0.2) is 54.5 Å². The first-order chi connectivity index (χ1) is 13.1. The summed E-state index contributed by atoms with van der Waals surface area (Å²) in [5, 5.41) is 0. The van der Waals surface area contributed by atoms with Crippen molar-refractivity contribution in [2.24, 2.45) is 0 Å². The molecule has 2 aliphatic rings. The maximum Gasteiger partial charge on any atom is 0.387 e. The van der Waals surface area contributed by atoms with E-state index in [0.29, 0.717) is 19.1 Å². The molecule has 1 aliphatic heterocycles. The van der Waals surface area contributed by atoms with Crippen LogP contribution < -0.4 is 4.74 Å². The van der Waals surface area contributed by atoms with Crippen molar-refractivity contribution in [3.05, 3.63) is 65.2 Å². The summed E-state index contributed by atoms with van der Waals surface area (Å²) in [5.74, 6) is -0.313. The Balaban J connectivity index is 1.38. The summed E-state index contributed by atoms with van der Waals surface area (Å²) in [4.78, 5) is 17.0. The predicted octanol–water partition coefficient (Wildman–Crippen LogP) is 3.21. The van der Waals surface area contributed by atoms with Crippen molar-refractivity contribution in [2.75, 3.05) is 26.2 Å². The van der Waals surface area contributed by atoms with Crippen LogP contribution in [0.4, 0.5) is 8.78 Å². The van der Waals surface area contributed by atoms with Crippen LogP contribution in [0.1, 0.15) is 21.5 Å². The highest BCUT2D eigenvalue weighted by atomic mass is 19.3. The van der Waals surface area contributed by atoms with Gasteiger partial charge in [0.15, 0.2) is 0 Å². The van der Waals surface area contributed by atoms with E-state index in [2.05, 4.69) is 33.9 Å². The number of alkyl halides is 2. The topological polar surface area (TPSA) is 32.8 Å². The van der Waals surface area contributed by atoms with Gasteiger partial charge in [-0.3, -0.25) is 9.69 Å². The molecular weight excluding hydrogens is 350 g/mol. The lowest BCUT2D eigenvalue weighted by Gasteiger charge is -2.38. The highest BCUT2D eigenvalue weighted by Gasteiger charge is 2.31. The Morgan fingerprint density at radius 1 is 0.926 bits per heavy atom. The monoisotopic (exact) mass is 372 g/mol. The van der Waals surface area contributed by atoms with E-state index in [1.54, 1.807) is 23.1 Å². The maximum atomic E-state index is 12.8. The smallest absolute Gasteiger partial charge is 0.387 e. The van der Waals surface area contributed by atoms with E-state index in [0.717, 1.165) is 25.9 Å². The van der Waals surface area contributed by atoms with Crippen LogP contribution in [0.15, 0.2) is 48.5 Å². The van der Waals surface area contributed by atoms with Crippen molar-refractivity contribution in [1.29, 1.82) is 0 Å². The predicted molar refractivity (Wildman–Crippen MR) is 98.2 cm³/mol. The van der Waals surface area contributed by atoms with Crippen molar-refractivity contribution >= 4 is 5.91 Å². The molecule has 0 bridgehead atoms. The molecule has 1 heterocycles. The van der Waals surface area contributed by atoms with Gasteiger partial charge >= 0.3 is 6.61 Å². The molecule has 0 spiro atoms. The quantitative estimate of drug-likeness (QED) is 0.826. The molecule has 2 aromatic carbocycles. The number of ether oxygens (including phenoxy) is 1. The van der Waals surface area contributed by atoms with Gasteiger partial charge in [-0.1, -0.05) is 36.4 Å². The van der Waals surface area contributed by atoms with Gasteiger partial charge in [0.2, 0.25) is 0 Å². The van der Waals surface area contributed by atoms with E-state index < -0.39 is 6.61 Å². The van der Waals surface area contributed by atoms with Crippen molar-refractivity contribution in [3.8, 4) is 5.75 Å². The average molecular weight is 372 g/mol. The third-order valence-corrected chi connectivity index (χ3v) is 5.48. The zero-order valence-corrected chi connectivity index (χ0v) is 15.0. The molecule has 0 unspecified atom stereocenters. The molecule has 0 radical (unpaired) electrons. The van der Waals surface area contributed by atoms with Crippen molar-refractivity contribution in [2.45, 2.75) is 25.5 Å². The Morgan fingerprint density at radius 2 is 1.52 bits per heavy atom. The molecule has 0 atom stereocenters. The Hall–Kier alpha value is -2.47. The zero-order chi connectivity index (χ0) is 18.8. The third kappa shape index (κ3) is 3.81. The van der Waals surface area contributed by atoms with Gasteiger partial charge in [0.25, 0.3) is 5.91 Å². The second-order valence-corrected chi connectivity index (χ2v) is 7.03. The van der Waals surface area contributed by atoms with Crippen molar-refractivity contribution in [1.82, 2.24) is 9.80 Å². The summed E-state index contributed by atoms with van der Waals surface area (Å²) >= 11 is 0. The fraction of sp³-hybridized carbons (Fsp3) is 0.381. The van der Waals surface area contributed by atoms with Gasteiger partial charge in [0.05, 0.1) is 5.56 Å². The number of carbonyl (C=O) groups excluding carboxylic acids is 1. The standard InChI is InChI=1S/C21H22F2N2O2/c22-21(23)27-19-8-4-3-7-18(19)20(26)25-11-9-24(10-12-25)17-13-15-5-1-2-6-16(15)14-17/h1-8,17,21H,9-14H2. The Bertz CT molecular complexity index is 794. The lowest BCUT2D eigenvalue weighted by Crippen LogP contribution is -2.52. The molecule has 0 N–H and O–H groups in total. The Kier molecular flexibility index (Phi) is 5.07. The highest BCUT2D eigenvalue weighted by Crippen LogP contribution is 2.27. The van der Waals surface area contributed by atoms with E-state index in [1.165, 1.54) is 17.2 Å². The summed E-state index contributed by atoms with van der Waals surface area (Å²) in [6.45, 7) is -0.173. The van der Waals surface area contributed by atoms with Crippen LogP contribution in [0.25, 0.3) is 0 Å². The van der Waals surface area contributed by atoms with Crippen LogP contribution in [0, 0.1) is 0 Å². The van der Waals surface area contributed by atoms with Crippen molar-refractivity contribution in [3.63, 3.8) is 0 Å². The molecule has 6 heteroatoms. The van der Waals surface area contributed by atoms with Gasteiger partial charge in [0, 0.05) is 32.2 Å². The number of halogens is 2. The number of fused-ring (bicyclic) bond motifs is 1. The molecule has 1 amide bonds. The van der Waals surface area contributed by atoms with E-state index >= 15 is 0 Å². The second kappa shape index (κ2) is 7.64. The molecule has 142 valence electrons. The van der Waals surface area contributed by atoms with Crippen LogP contribution in [-0.2, 0) is 12.8 Å². The fourth-order valence-corrected chi connectivity index (χ4v) is 4.10. The number of rotatable bonds is 4. The Labute approximate surface area is 157 Å². The van der Waals surface area contributed by atoms with Gasteiger partial charge < -0.3 is 9.64 Å². The van der Waals surface area contributed by atoms with Gasteiger partial charge in [-0.05, 0) is 36.1 Å². The largest absolute Gasteiger partial charge is 0.434 e. The van der Waals surface area contributed by atoms with Gasteiger partial charge in [-0.2, -0.15) is 8.78 Å². The summed E-state index contributed by atoms with van der Waals surface area (Å²) in [6, 6.07) is 15.2. The van der Waals surface area contributed by atoms with E-state index in [-0.39, 0.29) is 17.2 Å². The number of piperazine rings is 1. The first-order valence-electron chi connectivity index (χ1n) is 9.26. The summed E-state index contributed by atoms with van der Waals surface area (Å²) < 4.78 is 29.7. The molecule has 1 fully saturated rings. The lowest BCUT2D eigenvalue weighted by atomic mass is 10.1. The van der Waals surface area contributed by atoms with Crippen LogP contribution >= 0.6 is 0 Å². The number of carbonyl (C=O) groups is 1. The van der Waals surface area contributed by atoms with Gasteiger partial charge in [0.1, 0.15) is 5.75 Å². The molecular formula is C21H22F2N2O2. The molecule has 4 nitrogen and oxygen atoms in total. The minimum absolute atomic E-state index is 0.0637. The van der Waals surface area contributed by atoms with E-state index in [9.17, 15) is 13.6 Å². The maximum absolute atomic E-state index is 12.8. The van der Waals surface area contributed by atoms with E-state index in [4.69, 9.17) is 0 Å². The van der Waals surface area contributed by atoms with Crippen LogP contribution in [0.5, 0.6) is 5.75 Å². The minimum atomic E-state index is -2.94. The van der Waals surface area contributed by atoms with Crippen LogP contribution in [0.3, 0.4) is 0 Å². The van der Waals surface area contributed by atoms with Crippen LogP contribution in [0.2, 0.25) is 0 Å². The molecule has 2 aromatic rings. The molecule has 1 aliphatic carbocycles. The average Bonchev–Trinajstić information content (AvgIpc) is 3.12.